The van der Waals surface area contributed by atoms with Gasteiger partial charge in [0, 0.05) is 17.2 Å². The summed E-state index contributed by atoms with van der Waals surface area (Å²) >= 11 is 0. The van der Waals surface area contributed by atoms with Gasteiger partial charge in [-0.3, -0.25) is 0 Å². The van der Waals surface area contributed by atoms with Crippen molar-refractivity contribution in [1.29, 1.82) is 0 Å². The molecule has 1 aliphatic carbocycles. The molecule has 1 aliphatic rings. The predicted molar refractivity (Wildman–Crippen MR) is 69.0 cm³/mol. The van der Waals surface area contributed by atoms with Gasteiger partial charge in [-0.25, -0.2) is 4.98 Å². The summed E-state index contributed by atoms with van der Waals surface area (Å²) in [5.74, 6) is 1.10. The second-order valence-electron chi connectivity index (χ2n) is 6.20. The van der Waals surface area contributed by atoms with Crippen molar-refractivity contribution in [3.63, 3.8) is 0 Å². The van der Waals surface area contributed by atoms with Crippen LogP contribution in [0, 0.1) is 0 Å². The van der Waals surface area contributed by atoms with E-state index in [-0.39, 0.29) is 11.0 Å². The van der Waals surface area contributed by atoms with Gasteiger partial charge in [-0.15, -0.1) is 0 Å². The number of imidazole rings is 1. The highest BCUT2D eigenvalue weighted by Gasteiger charge is 2.40. The second-order valence-corrected chi connectivity index (χ2v) is 6.20. The van der Waals surface area contributed by atoms with Crippen molar-refractivity contribution < 1.29 is 0 Å². The minimum atomic E-state index is -0.0758. The number of nitrogens with two attached hydrogens (primary N) is 1. The Morgan fingerprint density at radius 1 is 1.29 bits per heavy atom. The molecule has 1 saturated carbocycles. The zero-order valence-corrected chi connectivity index (χ0v) is 10.7. The summed E-state index contributed by atoms with van der Waals surface area (Å²) in [6.45, 7) is 6.55. The van der Waals surface area contributed by atoms with Crippen molar-refractivity contribution in [3.8, 4) is 0 Å². The first-order valence-corrected chi connectivity index (χ1v) is 6.17. The smallest absolute Gasteiger partial charge is 0.118 e. The summed E-state index contributed by atoms with van der Waals surface area (Å²) in [5, 5.41) is 0. The molecule has 17 heavy (non-hydrogen) atoms. The number of nitrogens with zero attached hydrogens (tertiary/aromatic N) is 2. The number of aromatic nitrogens is 2. The number of pyridine rings is 1. The molecule has 3 rings (SSSR count). The first-order chi connectivity index (χ1) is 7.90. The van der Waals surface area contributed by atoms with Crippen LogP contribution in [-0.2, 0) is 11.0 Å². The maximum Gasteiger partial charge on any atom is 0.118 e. The lowest BCUT2D eigenvalue weighted by Gasteiger charge is -2.18. The standard InChI is InChI=1S/C14H19N3/c1-13(2,3)12-16-8-11-5-4-10(9-17(11)12)14(15)6-7-14/h4-5,8-9H,6-7,15H2,1-3H3. The van der Waals surface area contributed by atoms with E-state index in [4.69, 9.17) is 5.73 Å². The Balaban J connectivity index is 2.20. The van der Waals surface area contributed by atoms with Crippen LogP contribution < -0.4 is 5.73 Å². The van der Waals surface area contributed by atoms with E-state index >= 15 is 0 Å². The molecular weight excluding hydrogens is 210 g/mol. The van der Waals surface area contributed by atoms with Gasteiger partial charge in [-0.05, 0) is 24.5 Å². The van der Waals surface area contributed by atoms with Crippen LogP contribution >= 0.6 is 0 Å². The van der Waals surface area contributed by atoms with Crippen molar-refractivity contribution in [2.45, 2.75) is 44.6 Å². The lowest BCUT2D eigenvalue weighted by molar-refractivity contribution is 0.541. The van der Waals surface area contributed by atoms with E-state index in [1.165, 1.54) is 5.56 Å². The zero-order valence-electron chi connectivity index (χ0n) is 10.7. The fourth-order valence-electron chi connectivity index (χ4n) is 2.26. The van der Waals surface area contributed by atoms with E-state index in [1.54, 1.807) is 0 Å². The Hall–Kier alpha value is -1.35. The molecule has 0 bridgehead atoms. The van der Waals surface area contributed by atoms with Gasteiger partial charge < -0.3 is 10.1 Å². The third kappa shape index (κ3) is 1.65. The summed E-state index contributed by atoms with van der Waals surface area (Å²) in [5.41, 5.74) is 8.60. The maximum atomic E-state index is 6.25. The Morgan fingerprint density at radius 2 is 2.00 bits per heavy atom. The summed E-state index contributed by atoms with van der Waals surface area (Å²) in [6, 6.07) is 4.25. The molecule has 0 aromatic carbocycles. The molecule has 0 aliphatic heterocycles. The predicted octanol–water partition coefficient (Wildman–Crippen LogP) is 2.58. The van der Waals surface area contributed by atoms with E-state index in [2.05, 4.69) is 48.5 Å². The molecule has 0 unspecified atom stereocenters. The molecule has 2 heterocycles. The topological polar surface area (TPSA) is 43.3 Å². The third-order valence-electron chi connectivity index (χ3n) is 3.56. The van der Waals surface area contributed by atoms with Gasteiger partial charge in [0.15, 0.2) is 0 Å². The van der Waals surface area contributed by atoms with Crippen LogP contribution in [0.5, 0.6) is 0 Å². The third-order valence-corrected chi connectivity index (χ3v) is 3.56. The Bertz CT molecular complexity index is 571. The number of rotatable bonds is 1. The SMILES string of the molecule is CC(C)(C)c1ncc2ccc(C3(N)CC3)cn12. The van der Waals surface area contributed by atoms with Crippen molar-refractivity contribution in [1.82, 2.24) is 9.38 Å². The van der Waals surface area contributed by atoms with E-state index in [1.807, 2.05) is 6.20 Å². The molecule has 2 aromatic heterocycles. The van der Waals surface area contributed by atoms with E-state index in [0.29, 0.717) is 0 Å². The van der Waals surface area contributed by atoms with Crippen molar-refractivity contribution in [2.75, 3.05) is 0 Å². The van der Waals surface area contributed by atoms with Gasteiger partial charge in [-0.2, -0.15) is 0 Å². The van der Waals surface area contributed by atoms with Crippen molar-refractivity contribution >= 4 is 5.52 Å². The molecule has 0 amide bonds. The van der Waals surface area contributed by atoms with Crippen LogP contribution in [0.25, 0.3) is 5.52 Å². The number of fused-ring (bicyclic) bond motifs is 1. The molecule has 1 fully saturated rings. The second kappa shape index (κ2) is 3.10. The van der Waals surface area contributed by atoms with Crippen molar-refractivity contribution in [2.24, 2.45) is 5.73 Å². The Morgan fingerprint density at radius 3 is 2.59 bits per heavy atom. The van der Waals surface area contributed by atoms with E-state index < -0.39 is 0 Å². The number of hydrogen-bond acceptors (Lipinski definition) is 2. The summed E-state index contributed by atoms with van der Waals surface area (Å²) < 4.78 is 2.18. The lowest BCUT2D eigenvalue weighted by atomic mass is 9.96. The van der Waals surface area contributed by atoms with Crippen molar-refractivity contribution in [3.05, 3.63) is 35.9 Å². The molecule has 3 nitrogen and oxygen atoms in total. The average molecular weight is 229 g/mol. The highest BCUT2D eigenvalue weighted by atomic mass is 15.0. The van der Waals surface area contributed by atoms with Gasteiger partial charge in [0.05, 0.1) is 11.7 Å². The molecule has 90 valence electrons. The molecular formula is C14H19N3. The van der Waals surface area contributed by atoms with Gasteiger partial charge >= 0.3 is 0 Å². The largest absolute Gasteiger partial charge is 0.321 e. The fourth-order valence-corrected chi connectivity index (χ4v) is 2.26. The van der Waals surface area contributed by atoms with Gasteiger partial charge in [-0.1, -0.05) is 26.8 Å². The normalized spacial score (nSPS) is 18.6. The summed E-state index contributed by atoms with van der Waals surface area (Å²) in [4.78, 5) is 4.53. The van der Waals surface area contributed by atoms with Crippen LogP contribution in [0.3, 0.4) is 0 Å². The zero-order chi connectivity index (χ0) is 12.3. The van der Waals surface area contributed by atoms with Crippen LogP contribution in [0.15, 0.2) is 24.5 Å². The van der Waals surface area contributed by atoms with Gasteiger partial charge in [0.2, 0.25) is 0 Å². The highest BCUT2D eigenvalue weighted by molar-refractivity contribution is 5.49. The molecule has 2 N–H and O–H groups in total. The monoisotopic (exact) mass is 229 g/mol. The van der Waals surface area contributed by atoms with E-state index in [9.17, 15) is 0 Å². The molecule has 0 atom stereocenters. The summed E-state index contributed by atoms with van der Waals surface area (Å²) in [6.07, 6.45) is 6.28. The summed E-state index contributed by atoms with van der Waals surface area (Å²) in [7, 11) is 0. The molecule has 0 saturated heterocycles. The molecule has 0 radical (unpaired) electrons. The molecule has 2 aromatic rings. The van der Waals surface area contributed by atoms with Gasteiger partial charge in [0.1, 0.15) is 5.82 Å². The number of hydrogen-bond donors (Lipinski definition) is 1. The quantitative estimate of drug-likeness (QED) is 0.816. The minimum Gasteiger partial charge on any atom is -0.321 e. The Kier molecular flexibility index (Phi) is 1.97. The van der Waals surface area contributed by atoms with E-state index in [0.717, 1.165) is 24.2 Å². The van der Waals surface area contributed by atoms with Crippen LogP contribution in [-0.4, -0.2) is 9.38 Å². The van der Waals surface area contributed by atoms with Crippen LogP contribution in [0.2, 0.25) is 0 Å². The first kappa shape index (κ1) is 10.8. The highest BCUT2D eigenvalue weighted by Crippen LogP contribution is 2.42. The van der Waals surface area contributed by atoms with Crippen LogP contribution in [0.4, 0.5) is 0 Å². The fraction of sp³-hybridized carbons (Fsp3) is 0.500. The average Bonchev–Trinajstić information content (AvgIpc) is 2.85. The first-order valence-electron chi connectivity index (χ1n) is 6.17. The minimum absolute atomic E-state index is 0.0519. The lowest BCUT2D eigenvalue weighted by Crippen LogP contribution is -2.20. The molecule has 0 spiro atoms. The maximum absolute atomic E-state index is 6.25. The van der Waals surface area contributed by atoms with Crippen LogP contribution in [0.1, 0.15) is 45.0 Å². The Labute approximate surface area is 102 Å². The van der Waals surface area contributed by atoms with Gasteiger partial charge in [0.25, 0.3) is 0 Å². The molecule has 3 heteroatoms.